The van der Waals surface area contributed by atoms with Crippen molar-refractivity contribution in [3.8, 4) is 0 Å². The van der Waals surface area contributed by atoms with Gasteiger partial charge in [0.2, 0.25) is 0 Å². The molecule has 1 aliphatic rings. The first-order valence-corrected chi connectivity index (χ1v) is 8.66. The summed E-state index contributed by atoms with van der Waals surface area (Å²) >= 11 is 0. The minimum Gasteiger partial charge on any atom is -0.459 e. The van der Waals surface area contributed by atoms with E-state index in [1.54, 1.807) is 24.3 Å². The average molecular weight is 346 g/mol. The van der Waals surface area contributed by atoms with Gasteiger partial charge in [0.25, 0.3) is 11.8 Å². The van der Waals surface area contributed by atoms with Crippen molar-refractivity contribution in [3.63, 3.8) is 0 Å². The van der Waals surface area contributed by atoms with Crippen LogP contribution in [-0.2, 0) is 9.53 Å². The second-order valence-electron chi connectivity index (χ2n) is 7.14. The van der Waals surface area contributed by atoms with Gasteiger partial charge in [-0.25, -0.2) is 0 Å². The van der Waals surface area contributed by atoms with Crippen LogP contribution in [0.4, 0.5) is 0 Å². The van der Waals surface area contributed by atoms with Crippen LogP contribution in [0.15, 0.2) is 24.3 Å². The van der Waals surface area contributed by atoms with Gasteiger partial charge in [-0.05, 0) is 39.3 Å². The second kappa shape index (κ2) is 7.78. The predicted octanol–water partition coefficient (Wildman–Crippen LogP) is 2.38. The third-order valence-electron chi connectivity index (χ3n) is 3.87. The molecule has 0 spiro atoms. The summed E-state index contributed by atoms with van der Waals surface area (Å²) < 4.78 is 5.42. The number of hydrogen-bond acceptors (Lipinski definition) is 5. The highest BCUT2D eigenvalue weighted by atomic mass is 16.6. The van der Waals surface area contributed by atoms with Gasteiger partial charge in [0, 0.05) is 13.1 Å². The third kappa shape index (κ3) is 4.66. The Bertz CT molecular complexity index is 629. The van der Waals surface area contributed by atoms with E-state index in [0.717, 1.165) is 6.42 Å². The maximum atomic E-state index is 12.3. The average Bonchev–Trinajstić information content (AvgIpc) is 2.77. The molecule has 6 nitrogen and oxygen atoms in total. The van der Waals surface area contributed by atoms with Gasteiger partial charge in [-0.3, -0.25) is 19.3 Å². The Kier molecular flexibility index (Phi) is 5.95. The van der Waals surface area contributed by atoms with Gasteiger partial charge in [-0.2, -0.15) is 0 Å². The molecule has 0 bridgehead atoms. The fourth-order valence-electron chi connectivity index (χ4n) is 2.76. The summed E-state index contributed by atoms with van der Waals surface area (Å²) in [5.41, 5.74) is 0.322. The lowest BCUT2D eigenvalue weighted by atomic mass is 10.1. The summed E-state index contributed by atoms with van der Waals surface area (Å²) in [6.07, 6.45) is 1.46. The normalized spacial score (nSPS) is 15.3. The van der Waals surface area contributed by atoms with Crippen LogP contribution in [0.2, 0.25) is 0 Å². The molecular weight excluding hydrogens is 320 g/mol. The van der Waals surface area contributed by atoms with Gasteiger partial charge in [0.05, 0.1) is 11.1 Å². The van der Waals surface area contributed by atoms with E-state index >= 15 is 0 Å². The molecule has 0 radical (unpaired) electrons. The molecule has 2 rings (SSSR count). The van der Waals surface area contributed by atoms with Crippen LogP contribution >= 0.6 is 0 Å². The molecule has 1 atom stereocenters. The van der Waals surface area contributed by atoms with Crippen LogP contribution in [0.3, 0.4) is 0 Å². The van der Waals surface area contributed by atoms with Crippen LogP contribution < -0.4 is 5.32 Å². The van der Waals surface area contributed by atoms with E-state index in [1.807, 2.05) is 27.7 Å². The number of benzene rings is 1. The van der Waals surface area contributed by atoms with Crippen LogP contribution in [0, 0.1) is 0 Å². The molecule has 2 amide bonds. The fraction of sp³-hybridized carbons (Fsp3) is 0.526. The number of ether oxygens (including phenoxy) is 1. The van der Waals surface area contributed by atoms with Crippen LogP contribution in [-0.4, -0.2) is 47.4 Å². The highest BCUT2D eigenvalue weighted by Gasteiger charge is 2.35. The van der Waals surface area contributed by atoms with Crippen molar-refractivity contribution in [2.45, 2.75) is 52.2 Å². The molecule has 0 saturated heterocycles. The molecule has 1 aromatic rings. The van der Waals surface area contributed by atoms with Crippen LogP contribution in [0.25, 0.3) is 0 Å². The molecule has 0 aliphatic carbocycles. The van der Waals surface area contributed by atoms with E-state index < -0.39 is 11.6 Å². The molecule has 6 heteroatoms. The molecule has 1 aliphatic heterocycles. The lowest BCUT2D eigenvalue weighted by molar-refractivity contribution is -0.157. The van der Waals surface area contributed by atoms with Gasteiger partial charge < -0.3 is 10.1 Å². The number of imide groups is 1. The number of amides is 2. The molecule has 25 heavy (non-hydrogen) atoms. The molecule has 1 N–H and O–H groups in total. The maximum absolute atomic E-state index is 12.3. The zero-order valence-corrected chi connectivity index (χ0v) is 15.3. The summed E-state index contributed by atoms with van der Waals surface area (Å²) in [5, 5.41) is 3.12. The summed E-state index contributed by atoms with van der Waals surface area (Å²) in [4.78, 5) is 38.1. The minimum absolute atomic E-state index is 0.218. The number of fused-ring (bicyclic) bond motifs is 1. The Morgan fingerprint density at radius 1 is 1.16 bits per heavy atom. The van der Waals surface area contributed by atoms with Gasteiger partial charge in [0.15, 0.2) is 0 Å². The Morgan fingerprint density at radius 3 is 2.20 bits per heavy atom. The summed E-state index contributed by atoms with van der Waals surface area (Å²) in [6.45, 7) is 8.03. The van der Waals surface area contributed by atoms with E-state index in [9.17, 15) is 14.4 Å². The number of rotatable bonds is 7. The fourth-order valence-corrected chi connectivity index (χ4v) is 2.76. The highest BCUT2D eigenvalue weighted by Crippen LogP contribution is 2.21. The van der Waals surface area contributed by atoms with E-state index in [4.69, 9.17) is 4.74 Å². The van der Waals surface area contributed by atoms with Crippen molar-refractivity contribution in [2.75, 3.05) is 13.1 Å². The lowest BCUT2D eigenvalue weighted by Gasteiger charge is -2.25. The van der Waals surface area contributed by atoms with Crippen LogP contribution in [0.5, 0.6) is 0 Å². The molecule has 1 aromatic carbocycles. The topological polar surface area (TPSA) is 75.7 Å². The molecular formula is C19H26N2O4. The third-order valence-corrected chi connectivity index (χ3v) is 3.87. The first-order valence-electron chi connectivity index (χ1n) is 8.66. The van der Waals surface area contributed by atoms with E-state index in [1.165, 1.54) is 4.90 Å². The lowest BCUT2D eigenvalue weighted by Crippen LogP contribution is -2.45. The summed E-state index contributed by atoms with van der Waals surface area (Å²) in [6, 6.07) is 6.35. The number of carbonyl (C=O) groups is 3. The Labute approximate surface area is 148 Å². The van der Waals surface area contributed by atoms with Gasteiger partial charge in [-0.15, -0.1) is 0 Å². The van der Waals surface area contributed by atoms with Gasteiger partial charge in [0.1, 0.15) is 11.6 Å². The molecule has 136 valence electrons. The Hall–Kier alpha value is -2.21. The summed E-state index contributed by atoms with van der Waals surface area (Å²) in [7, 11) is 0. The van der Waals surface area contributed by atoms with E-state index in [2.05, 4.69) is 5.32 Å². The van der Waals surface area contributed by atoms with Crippen molar-refractivity contribution < 1.29 is 19.1 Å². The van der Waals surface area contributed by atoms with Crippen molar-refractivity contribution in [1.29, 1.82) is 0 Å². The van der Waals surface area contributed by atoms with Gasteiger partial charge in [-0.1, -0.05) is 25.5 Å². The zero-order chi connectivity index (χ0) is 18.6. The summed E-state index contributed by atoms with van der Waals surface area (Å²) in [5.74, 6) is -0.880. The number of hydrogen-bond donors (Lipinski definition) is 1. The van der Waals surface area contributed by atoms with Crippen LogP contribution in [0.1, 0.15) is 61.3 Å². The molecule has 0 fully saturated rings. The van der Waals surface area contributed by atoms with Crippen molar-refractivity contribution in [1.82, 2.24) is 10.2 Å². The largest absolute Gasteiger partial charge is 0.459 e. The van der Waals surface area contributed by atoms with Crippen molar-refractivity contribution in [3.05, 3.63) is 35.4 Å². The monoisotopic (exact) mass is 346 g/mol. The quantitative estimate of drug-likeness (QED) is 0.606. The van der Waals surface area contributed by atoms with Crippen molar-refractivity contribution in [2.24, 2.45) is 0 Å². The number of esters is 1. The predicted molar refractivity (Wildman–Crippen MR) is 94.4 cm³/mol. The van der Waals surface area contributed by atoms with Gasteiger partial charge >= 0.3 is 5.97 Å². The Balaban J connectivity index is 1.93. The van der Waals surface area contributed by atoms with E-state index in [0.29, 0.717) is 24.1 Å². The van der Waals surface area contributed by atoms with E-state index in [-0.39, 0.29) is 24.3 Å². The first-order chi connectivity index (χ1) is 11.7. The second-order valence-corrected chi connectivity index (χ2v) is 7.14. The number of nitrogens with zero attached hydrogens (tertiary/aromatic N) is 1. The highest BCUT2D eigenvalue weighted by molar-refractivity contribution is 6.21. The SMILES string of the molecule is CCC[C@@H](NCCN1C(=O)c2ccccc2C1=O)C(=O)OC(C)(C)C. The zero-order valence-electron chi connectivity index (χ0n) is 15.3. The number of carbonyl (C=O) groups excluding carboxylic acids is 3. The molecule has 0 aromatic heterocycles. The molecule has 0 saturated carbocycles. The standard InChI is InChI=1S/C19H26N2O4/c1-5-8-15(18(24)25-19(2,3)4)20-11-12-21-16(22)13-9-6-7-10-14(13)17(21)23/h6-7,9-10,15,20H,5,8,11-12H2,1-4H3/t15-/m1/s1. The Morgan fingerprint density at radius 2 is 1.72 bits per heavy atom. The first kappa shape index (κ1) is 19.1. The minimum atomic E-state index is -0.548. The smallest absolute Gasteiger partial charge is 0.323 e. The number of nitrogens with one attached hydrogen (secondary N) is 1. The van der Waals surface area contributed by atoms with Crippen molar-refractivity contribution >= 4 is 17.8 Å². The maximum Gasteiger partial charge on any atom is 0.323 e. The molecule has 1 heterocycles. The molecule has 0 unspecified atom stereocenters.